The van der Waals surface area contributed by atoms with Gasteiger partial charge in [0, 0.05) is 45.0 Å². The Morgan fingerprint density at radius 1 is 1.09 bits per heavy atom. The number of anilines is 2. The van der Waals surface area contributed by atoms with Crippen molar-refractivity contribution < 1.29 is 13.3 Å². The van der Waals surface area contributed by atoms with Crippen LogP contribution in [0.3, 0.4) is 0 Å². The van der Waals surface area contributed by atoms with Gasteiger partial charge in [0.15, 0.2) is 0 Å². The van der Waals surface area contributed by atoms with Crippen molar-refractivity contribution in [3.05, 3.63) is 93.1 Å². The minimum Gasteiger partial charge on any atom is -0.358 e. The van der Waals surface area contributed by atoms with E-state index in [9.17, 15) is 18.5 Å². The number of non-ortho nitro benzene ring substituents is 1. The second-order valence-electron chi connectivity index (χ2n) is 7.13. The molecule has 0 fully saturated rings. The number of nitrogens with one attached hydrogen (secondary N) is 3. The van der Waals surface area contributed by atoms with Gasteiger partial charge in [-0.25, -0.2) is 8.42 Å². The molecule has 0 spiro atoms. The number of para-hydroxylation sites is 1. The summed E-state index contributed by atoms with van der Waals surface area (Å²) in [6.45, 7) is 1.90. The third kappa shape index (κ3) is 4.81. The van der Waals surface area contributed by atoms with Gasteiger partial charge in [0.1, 0.15) is 4.90 Å². The Balaban J connectivity index is 1.68. The quantitative estimate of drug-likeness (QED) is 0.187. The van der Waals surface area contributed by atoms with Gasteiger partial charge in [-0.3, -0.25) is 20.3 Å². The van der Waals surface area contributed by atoms with Crippen molar-refractivity contribution in [2.24, 2.45) is 5.10 Å². The predicted octanol–water partition coefficient (Wildman–Crippen LogP) is 5.28. The fraction of sp³-hybridized carbons (Fsp3) is 0.0455. The highest BCUT2D eigenvalue weighted by Crippen LogP contribution is 2.29. The number of aryl methyl sites for hydroxylation is 1. The largest absolute Gasteiger partial charge is 0.358 e. The minimum absolute atomic E-state index is 0.0795. The fourth-order valence-electron chi connectivity index (χ4n) is 3.30. The van der Waals surface area contributed by atoms with Gasteiger partial charge in [-0.1, -0.05) is 29.8 Å². The normalized spacial score (nSPS) is 11.7. The summed E-state index contributed by atoms with van der Waals surface area (Å²) in [4.78, 5) is 13.5. The number of rotatable bonds is 7. The van der Waals surface area contributed by atoms with Crippen molar-refractivity contribution in [3.63, 3.8) is 0 Å². The number of benzene rings is 3. The molecule has 0 unspecified atom stereocenters. The zero-order valence-electron chi connectivity index (χ0n) is 17.2. The van der Waals surface area contributed by atoms with Gasteiger partial charge in [0.2, 0.25) is 0 Å². The molecule has 168 valence electrons. The van der Waals surface area contributed by atoms with Crippen molar-refractivity contribution >= 4 is 55.8 Å². The first-order valence-corrected chi connectivity index (χ1v) is 11.5. The first kappa shape index (κ1) is 22.3. The van der Waals surface area contributed by atoms with E-state index in [1.807, 2.05) is 31.2 Å². The molecule has 0 atom stereocenters. The molecule has 11 heteroatoms. The van der Waals surface area contributed by atoms with Crippen molar-refractivity contribution in [1.82, 2.24) is 4.98 Å². The van der Waals surface area contributed by atoms with Gasteiger partial charge in [-0.2, -0.15) is 5.10 Å². The number of fused-ring (bicyclic) bond motifs is 1. The summed E-state index contributed by atoms with van der Waals surface area (Å²) < 4.78 is 28.5. The van der Waals surface area contributed by atoms with Crippen molar-refractivity contribution in [1.29, 1.82) is 0 Å². The van der Waals surface area contributed by atoms with Crippen molar-refractivity contribution in [3.8, 4) is 0 Å². The lowest BCUT2D eigenvalue weighted by Crippen LogP contribution is -2.15. The smallest absolute Gasteiger partial charge is 0.270 e. The number of H-pyrrole nitrogens is 1. The Kier molecular flexibility index (Phi) is 6.03. The predicted molar refractivity (Wildman–Crippen MR) is 130 cm³/mol. The van der Waals surface area contributed by atoms with Crippen LogP contribution in [0.5, 0.6) is 0 Å². The molecule has 3 N–H and O–H groups in total. The van der Waals surface area contributed by atoms with Crippen molar-refractivity contribution in [2.75, 3.05) is 10.1 Å². The number of hydrogen-bond donors (Lipinski definition) is 3. The number of halogens is 1. The number of sulfonamides is 1. The number of nitrogens with zero attached hydrogens (tertiary/aromatic N) is 2. The number of hydrazone groups is 1. The second-order valence-corrected chi connectivity index (χ2v) is 9.22. The molecule has 4 aromatic rings. The van der Waals surface area contributed by atoms with Crippen LogP contribution in [0.4, 0.5) is 17.1 Å². The van der Waals surface area contributed by atoms with E-state index in [0.717, 1.165) is 28.2 Å². The van der Waals surface area contributed by atoms with E-state index in [0.29, 0.717) is 5.02 Å². The van der Waals surface area contributed by atoms with Crippen LogP contribution < -0.4 is 10.1 Å². The Morgan fingerprint density at radius 2 is 1.82 bits per heavy atom. The van der Waals surface area contributed by atoms with E-state index >= 15 is 0 Å². The summed E-state index contributed by atoms with van der Waals surface area (Å²) in [6.07, 6.45) is 1.57. The highest BCUT2D eigenvalue weighted by molar-refractivity contribution is 7.92. The molecule has 0 bridgehead atoms. The lowest BCUT2D eigenvalue weighted by Gasteiger charge is -2.12. The SMILES string of the molecule is Cc1[nH]c2ccccc2c1C=NNc1ccc([N+](=O)[O-])cc1S(=O)(=O)Nc1ccc(Cl)cc1. The Morgan fingerprint density at radius 3 is 2.55 bits per heavy atom. The molecule has 3 aromatic carbocycles. The van der Waals surface area contributed by atoms with Crippen molar-refractivity contribution in [2.45, 2.75) is 11.8 Å². The average Bonchev–Trinajstić information content (AvgIpc) is 3.10. The Labute approximate surface area is 194 Å². The third-order valence-corrected chi connectivity index (χ3v) is 6.56. The molecule has 0 saturated heterocycles. The van der Waals surface area contributed by atoms with E-state index < -0.39 is 14.9 Å². The van der Waals surface area contributed by atoms with Crippen LogP contribution in [-0.4, -0.2) is 24.5 Å². The van der Waals surface area contributed by atoms with Gasteiger partial charge in [-0.15, -0.1) is 0 Å². The van der Waals surface area contributed by atoms with E-state index in [2.05, 4.69) is 20.2 Å². The van der Waals surface area contributed by atoms with Gasteiger partial charge in [0.05, 0.1) is 16.8 Å². The molecule has 1 aromatic heterocycles. The van der Waals surface area contributed by atoms with Gasteiger partial charge in [0.25, 0.3) is 15.7 Å². The molecule has 4 rings (SSSR count). The molecule has 0 radical (unpaired) electrons. The van der Waals surface area contributed by atoms with E-state index in [4.69, 9.17) is 11.6 Å². The summed E-state index contributed by atoms with van der Waals surface area (Å²) in [7, 11) is -4.18. The van der Waals surface area contributed by atoms with Crippen LogP contribution in [0, 0.1) is 17.0 Å². The summed E-state index contributed by atoms with van der Waals surface area (Å²) in [6, 6.07) is 17.2. The van der Waals surface area contributed by atoms with Crippen LogP contribution in [0.1, 0.15) is 11.3 Å². The molecule has 0 amide bonds. The number of aromatic nitrogens is 1. The highest BCUT2D eigenvalue weighted by Gasteiger charge is 2.23. The van der Waals surface area contributed by atoms with Crippen LogP contribution >= 0.6 is 11.6 Å². The highest BCUT2D eigenvalue weighted by atomic mass is 35.5. The molecule has 9 nitrogen and oxygen atoms in total. The number of aromatic amines is 1. The molecule has 33 heavy (non-hydrogen) atoms. The molecular formula is C22H18ClN5O4S. The lowest BCUT2D eigenvalue weighted by molar-refractivity contribution is -0.385. The van der Waals surface area contributed by atoms with Crippen LogP contribution in [0.15, 0.2) is 76.7 Å². The fourth-order valence-corrected chi connectivity index (χ4v) is 4.66. The summed E-state index contributed by atoms with van der Waals surface area (Å²) >= 11 is 5.85. The van der Waals surface area contributed by atoms with Gasteiger partial charge >= 0.3 is 0 Å². The van der Waals surface area contributed by atoms with Crippen LogP contribution in [-0.2, 0) is 10.0 Å². The molecule has 0 aliphatic carbocycles. The zero-order chi connectivity index (χ0) is 23.6. The first-order chi connectivity index (χ1) is 15.7. The summed E-state index contributed by atoms with van der Waals surface area (Å²) in [5.41, 5.74) is 5.35. The Bertz CT molecular complexity index is 1480. The molecule has 0 saturated carbocycles. The van der Waals surface area contributed by atoms with E-state index in [-0.39, 0.29) is 22.0 Å². The second kappa shape index (κ2) is 8.93. The van der Waals surface area contributed by atoms with Crippen LogP contribution in [0.2, 0.25) is 5.02 Å². The maximum atomic E-state index is 13.0. The number of hydrogen-bond acceptors (Lipinski definition) is 6. The van der Waals surface area contributed by atoms with Crippen LogP contribution in [0.25, 0.3) is 10.9 Å². The summed E-state index contributed by atoms with van der Waals surface area (Å²) in [5.74, 6) is 0. The summed E-state index contributed by atoms with van der Waals surface area (Å²) in [5, 5.41) is 16.8. The minimum atomic E-state index is -4.18. The van der Waals surface area contributed by atoms with E-state index in [1.165, 1.54) is 36.4 Å². The monoisotopic (exact) mass is 483 g/mol. The maximum absolute atomic E-state index is 13.0. The maximum Gasteiger partial charge on any atom is 0.270 e. The van der Waals surface area contributed by atoms with E-state index in [1.54, 1.807) is 6.21 Å². The zero-order valence-corrected chi connectivity index (χ0v) is 18.8. The molecule has 0 aliphatic rings. The first-order valence-electron chi connectivity index (χ1n) is 9.68. The lowest BCUT2D eigenvalue weighted by atomic mass is 10.1. The third-order valence-electron chi connectivity index (χ3n) is 4.88. The topological polar surface area (TPSA) is 129 Å². The molecular weight excluding hydrogens is 466 g/mol. The molecule has 0 aliphatic heterocycles. The Hall–Kier alpha value is -3.89. The molecule has 1 heterocycles. The standard InChI is InChI=1S/C22H18ClN5O4S/c1-14-19(18-4-2-3-5-20(18)25-14)13-24-26-21-11-10-17(28(29)30)12-22(21)33(31,32)27-16-8-6-15(23)7-9-16/h2-13,25-27H,1H3. The average molecular weight is 484 g/mol. The number of nitro groups is 1. The van der Waals surface area contributed by atoms with Gasteiger partial charge < -0.3 is 4.98 Å². The van der Waals surface area contributed by atoms with Gasteiger partial charge in [-0.05, 0) is 43.3 Å². The number of nitro benzene ring substituents is 1.